The summed E-state index contributed by atoms with van der Waals surface area (Å²) >= 11 is 1.33. The number of thiophene rings is 1. The van der Waals surface area contributed by atoms with Crippen LogP contribution in [0.1, 0.15) is 20.9 Å². The molecule has 8 nitrogen and oxygen atoms in total. The van der Waals surface area contributed by atoms with Crippen molar-refractivity contribution in [2.45, 2.75) is 25.4 Å². The van der Waals surface area contributed by atoms with E-state index >= 15 is 0 Å². The standard InChI is InChI=1S/C24H29N5O3S/c1-14-3-6-19-21(25)22(33-24(19)27-14)23(30)28-16-9-15-4-5-18(10-20(15)32-13-16)29-8-7-26-17(11-29)12-31-2/h3-6,10,16-17,26H,7-9,11-13,25H2,1-2H3,(H,28,30)/t16-,17+/m1/s1. The Labute approximate surface area is 197 Å². The van der Waals surface area contributed by atoms with Gasteiger partial charge in [0.05, 0.1) is 18.3 Å². The second kappa shape index (κ2) is 9.17. The van der Waals surface area contributed by atoms with Gasteiger partial charge >= 0.3 is 0 Å². The number of aryl methyl sites for hydroxylation is 1. The highest BCUT2D eigenvalue weighted by atomic mass is 32.1. The van der Waals surface area contributed by atoms with Crippen molar-refractivity contribution >= 4 is 38.8 Å². The lowest BCUT2D eigenvalue weighted by molar-refractivity contribution is 0.0920. The maximum Gasteiger partial charge on any atom is 0.263 e. The Morgan fingerprint density at radius 1 is 1.39 bits per heavy atom. The number of benzene rings is 1. The van der Waals surface area contributed by atoms with Crippen LogP contribution in [0, 0.1) is 6.92 Å². The van der Waals surface area contributed by atoms with Gasteiger partial charge in [-0.15, -0.1) is 11.3 Å². The van der Waals surface area contributed by atoms with Crippen molar-refractivity contribution in [2.24, 2.45) is 0 Å². The van der Waals surface area contributed by atoms with Crippen LogP contribution in [0.15, 0.2) is 30.3 Å². The Bertz CT molecular complexity index is 1180. The maximum absolute atomic E-state index is 13.0. The van der Waals surface area contributed by atoms with Crippen LogP contribution in [0.25, 0.3) is 10.2 Å². The van der Waals surface area contributed by atoms with Crippen LogP contribution in [-0.4, -0.2) is 62.9 Å². The van der Waals surface area contributed by atoms with Gasteiger partial charge in [-0.2, -0.15) is 0 Å². The molecule has 0 bridgehead atoms. The molecule has 2 atom stereocenters. The lowest BCUT2D eigenvalue weighted by atomic mass is 10.0. The van der Waals surface area contributed by atoms with Gasteiger partial charge in [0, 0.05) is 55.6 Å². The van der Waals surface area contributed by atoms with E-state index in [1.165, 1.54) is 11.3 Å². The molecule has 3 aromatic rings. The fraction of sp³-hybridized carbons (Fsp3) is 0.417. The first-order valence-electron chi connectivity index (χ1n) is 11.2. The SMILES string of the molecule is COC[C@@H]1CN(c2ccc3c(c2)OC[C@H](NC(=O)c2sc4nc(C)ccc4c2N)C3)CCN1. The second-order valence-corrected chi connectivity index (χ2v) is 9.68. The van der Waals surface area contributed by atoms with E-state index in [0.717, 1.165) is 59.0 Å². The van der Waals surface area contributed by atoms with E-state index in [0.29, 0.717) is 29.8 Å². The predicted molar refractivity (Wildman–Crippen MR) is 132 cm³/mol. The van der Waals surface area contributed by atoms with Gasteiger partial charge in [0.25, 0.3) is 5.91 Å². The predicted octanol–water partition coefficient (Wildman–Crippen LogP) is 2.35. The van der Waals surface area contributed by atoms with Crippen molar-refractivity contribution in [2.75, 3.05) is 50.6 Å². The molecule has 1 aromatic carbocycles. The van der Waals surface area contributed by atoms with E-state index in [2.05, 4.69) is 38.7 Å². The minimum absolute atomic E-state index is 0.111. The molecule has 1 saturated heterocycles. The molecule has 1 amide bonds. The van der Waals surface area contributed by atoms with E-state index in [1.807, 2.05) is 19.1 Å². The molecular formula is C24H29N5O3S. The summed E-state index contributed by atoms with van der Waals surface area (Å²) in [5.74, 6) is 0.715. The van der Waals surface area contributed by atoms with E-state index in [4.69, 9.17) is 15.2 Å². The summed E-state index contributed by atoms with van der Waals surface area (Å²) in [5, 5.41) is 7.41. The first-order valence-corrected chi connectivity index (χ1v) is 12.0. The number of hydrogen-bond acceptors (Lipinski definition) is 8. The molecule has 2 aliphatic heterocycles. The summed E-state index contributed by atoms with van der Waals surface area (Å²) in [7, 11) is 1.73. The average Bonchev–Trinajstić information content (AvgIpc) is 3.14. The van der Waals surface area contributed by atoms with E-state index in [1.54, 1.807) is 7.11 Å². The molecule has 2 aromatic heterocycles. The monoisotopic (exact) mass is 467 g/mol. The molecule has 9 heteroatoms. The third kappa shape index (κ3) is 4.48. The van der Waals surface area contributed by atoms with E-state index in [-0.39, 0.29) is 11.9 Å². The number of nitrogens with two attached hydrogens (primary N) is 1. The third-order valence-corrected chi connectivity index (χ3v) is 7.33. The zero-order valence-corrected chi connectivity index (χ0v) is 19.7. The number of pyridine rings is 1. The summed E-state index contributed by atoms with van der Waals surface area (Å²) in [6.45, 7) is 5.82. The molecule has 4 heterocycles. The van der Waals surface area contributed by atoms with Crippen LogP contribution < -0.4 is 26.0 Å². The van der Waals surface area contributed by atoms with Crippen molar-refractivity contribution in [3.8, 4) is 5.75 Å². The van der Waals surface area contributed by atoms with Gasteiger partial charge in [-0.05, 0) is 37.1 Å². The summed E-state index contributed by atoms with van der Waals surface area (Å²) in [5.41, 5.74) is 9.89. The molecule has 1 fully saturated rings. The lowest BCUT2D eigenvalue weighted by Crippen LogP contribution is -2.52. The number of carbonyl (C=O) groups is 1. The number of carbonyl (C=O) groups excluding carboxylic acids is 1. The number of nitrogen functional groups attached to an aromatic ring is 1. The van der Waals surface area contributed by atoms with Gasteiger partial charge < -0.3 is 30.7 Å². The van der Waals surface area contributed by atoms with Gasteiger partial charge in [0.2, 0.25) is 0 Å². The molecule has 174 valence electrons. The van der Waals surface area contributed by atoms with Crippen LogP contribution in [0.4, 0.5) is 11.4 Å². The number of amides is 1. The molecule has 2 aliphatic rings. The molecule has 0 spiro atoms. The molecular weight excluding hydrogens is 438 g/mol. The normalized spacial score (nSPS) is 20.4. The first-order chi connectivity index (χ1) is 16.0. The number of methoxy groups -OCH3 is 1. The van der Waals surface area contributed by atoms with Gasteiger partial charge in [0.15, 0.2) is 0 Å². The lowest BCUT2D eigenvalue weighted by Gasteiger charge is -2.35. The molecule has 4 N–H and O–H groups in total. The van der Waals surface area contributed by atoms with Gasteiger partial charge in [-0.3, -0.25) is 4.79 Å². The number of fused-ring (bicyclic) bond motifs is 2. The van der Waals surface area contributed by atoms with Gasteiger partial charge in [-0.1, -0.05) is 6.07 Å². The number of rotatable bonds is 5. The maximum atomic E-state index is 13.0. The topological polar surface area (TPSA) is 102 Å². The van der Waals surface area contributed by atoms with Crippen molar-refractivity contribution in [1.82, 2.24) is 15.6 Å². The fourth-order valence-corrected chi connectivity index (χ4v) is 5.57. The molecule has 0 radical (unpaired) electrons. The number of nitrogens with one attached hydrogen (secondary N) is 2. The third-order valence-electron chi connectivity index (χ3n) is 6.22. The van der Waals surface area contributed by atoms with Crippen LogP contribution in [0.5, 0.6) is 5.75 Å². The Morgan fingerprint density at radius 3 is 3.12 bits per heavy atom. The minimum atomic E-state index is -0.174. The minimum Gasteiger partial charge on any atom is -0.491 e. The smallest absolute Gasteiger partial charge is 0.263 e. The molecule has 5 rings (SSSR count). The molecule has 33 heavy (non-hydrogen) atoms. The van der Waals surface area contributed by atoms with Crippen LogP contribution in [0.2, 0.25) is 0 Å². The number of nitrogens with zero attached hydrogens (tertiary/aromatic N) is 2. The van der Waals surface area contributed by atoms with Crippen LogP contribution in [-0.2, 0) is 11.2 Å². The Morgan fingerprint density at radius 2 is 2.27 bits per heavy atom. The highest BCUT2D eigenvalue weighted by molar-refractivity contribution is 7.21. The number of ether oxygens (including phenoxy) is 2. The Hall–Kier alpha value is -2.88. The Balaban J connectivity index is 1.26. The average molecular weight is 468 g/mol. The number of piperazine rings is 1. The van der Waals surface area contributed by atoms with Gasteiger partial charge in [0.1, 0.15) is 22.1 Å². The highest BCUT2D eigenvalue weighted by Crippen LogP contribution is 2.33. The first kappa shape index (κ1) is 21.9. The van der Waals surface area contributed by atoms with Crippen LogP contribution in [0.3, 0.4) is 0 Å². The number of anilines is 2. The molecule has 0 aliphatic carbocycles. The number of hydrogen-bond donors (Lipinski definition) is 3. The van der Waals surface area contributed by atoms with Crippen molar-refractivity contribution in [3.63, 3.8) is 0 Å². The van der Waals surface area contributed by atoms with Crippen molar-refractivity contribution < 1.29 is 14.3 Å². The fourth-order valence-electron chi connectivity index (χ4n) is 4.53. The van der Waals surface area contributed by atoms with Crippen LogP contribution >= 0.6 is 11.3 Å². The summed E-state index contributed by atoms with van der Waals surface area (Å²) in [6, 6.07) is 10.4. The summed E-state index contributed by atoms with van der Waals surface area (Å²) in [6.07, 6.45) is 0.720. The zero-order valence-electron chi connectivity index (χ0n) is 18.9. The highest BCUT2D eigenvalue weighted by Gasteiger charge is 2.26. The van der Waals surface area contributed by atoms with E-state index < -0.39 is 0 Å². The second-order valence-electron chi connectivity index (χ2n) is 8.68. The summed E-state index contributed by atoms with van der Waals surface area (Å²) < 4.78 is 11.4. The largest absolute Gasteiger partial charge is 0.491 e. The van der Waals surface area contributed by atoms with E-state index in [9.17, 15) is 4.79 Å². The molecule has 0 unspecified atom stereocenters. The quantitative estimate of drug-likeness (QED) is 0.529. The Kier molecular flexibility index (Phi) is 6.09. The molecule has 0 saturated carbocycles. The number of aromatic nitrogens is 1. The van der Waals surface area contributed by atoms with Crippen molar-refractivity contribution in [3.05, 3.63) is 46.5 Å². The van der Waals surface area contributed by atoms with Crippen molar-refractivity contribution in [1.29, 1.82) is 0 Å². The zero-order chi connectivity index (χ0) is 22.9. The summed E-state index contributed by atoms with van der Waals surface area (Å²) in [4.78, 5) is 21.1. The van der Waals surface area contributed by atoms with Gasteiger partial charge in [-0.25, -0.2) is 4.98 Å².